The van der Waals surface area contributed by atoms with E-state index in [0.29, 0.717) is 9.79 Å². The van der Waals surface area contributed by atoms with Crippen molar-refractivity contribution in [2.24, 2.45) is 0 Å². The zero-order valence-electron chi connectivity index (χ0n) is 27.1. The second-order valence-corrected chi connectivity index (χ2v) is 5.38. The van der Waals surface area contributed by atoms with Gasteiger partial charge in [-0.2, -0.15) is 0 Å². The first-order valence-corrected chi connectivity index (χ1v) is 8.13. The van der Waals surface area contributed by atoms with Crippen LogP contribution in [0.4, 0.5) is 0 Å². The maximum Gasteiger partial charge on any atom is 0.207 e. The van der Waals surface area contributed by atoms with E-state index in [9.17, 15) is 8.42 Å². The summed E-state index contributed by atoms with van der Waals surface area (Å²) in [6.45, 7) is 8.00. The molecule has 3 rings (SSSR count). The molecule has 26 heteroatoms. The van der Waals surface area contributed by atoms with E-state index in [1.165, 1.54) is 0 Å². The first kappa shape index (κ1) is 165. The standard InChI is InChI=1S/C12H8O2S.2C2H6.2CH3.23Y/c13-15(14)11-7-3-1-5-9(11)10-6-2-4-8-12(10)15;2*1-2;;;;;;;;;;;;;;;;;;;;;;;;;/h1-8H;2*1-2H3;2*1H3;;;;;;;;;;;;;;;;;;;;;;;/q;;;2*-1;;;;;;;;;;;;;;;;;;;;;;;. The van der Waals surface area contributed by atoms with E-state index in [0.717, 1.165) is 11.1 Å². The topological polar surface area (TPSA) is 34.1 Å². The molecule has 2 aromatic rings. The summed E-state index contributed by atoms with van der Waals surface area (Å²) in [5, 5.41) is 0. The molecule has 2 nitrogen and oxygen atoms in total. The monoisotopic (exact) mass is 2350 g/mol. The van der Waals surface area contributed by atoms with Crippen LogP contribution in [-0.2, 0) is 762 Å². The Morgan fingerprint density at radius 1 is 0.318 bits per heavy atom. The molecule has 44 heavy (non-hydrogen) atoms. The molecule has 0 fully saturated rings. The summed E-state index contributed by atoms with van der Waals surface area (Å²) in [7, 11) is -3.26. The van der Waals surface area contributed by atoms with Gasteiger partial charge in [0.25, 0.3) is 0 Å². The molecule has 1 aliphatic rings. The van der Waals surface area contributed by atoms with Crippen LogP contribution in [0.1, 0.15) is 27.7 Å². The summed E-state index contributed by atoms with van der Waals surface area (Å²) in [6, 6.07) is 14.2. The Kier molecular flexibility index (Phi) is 438. The smallest absolute Gasteiger partial charge is 0.207 e. The molecule has 1 heterocycles. The van der Waals surface area contributed by atoms with E-state index in [-0.39, 0.29) is 767 Å². The summed E-state index contributed by atoms with van der Waals surface area (Å²) in [5.74, 6) is 0. The second kappa shape index (κ2) is 117. The minimum absolute atomic E-state index is 0. The summed E-state index contributed by atoms with van der Waals surface area (Å²) in [6.07, 6.45) is 0. The third-order valence-corrected chi connectivity index (χ3v) is 4.51. The quantitative estimate of drug-likeness (QED) is 0.284. The maximum atomic E-state index is 12.1. The fraction of sp³-hybridized carbons (Fsp3) is 0.222. The molecule has 0 unspecified atom stereocenters. The summed E-state index contributed by atoms with van der Waals surface area (Å²) in [5.41, 5.74) is 1.63. The normalized spacial score (nSPS) is 5.64. The summed E-state index contributed by atoms with van der Waals surface area (Å²) in [4.78, 5) is 0.845. The Bertz CT molecular complexity index is 636. The van der Waals surface area contributed by atoms with Gasteiger partial charge in [-0.3, -0.25) is 0 Å². The number of fused-ring (bicyclic) bond motifs is 3. The summed E-state index contributed by atoms with van der Waals surface area (Å²) >= 11 is 0. The van der Waals surface area contributed by atoms with E-state index in [4.69, 9.17) is 0 Å². The van der Waals surface area contributed by atoms with Crippen LogP contribution in [0.2, 0.25) is 0 Å². The Balaban J connectivity index is -0.00000000524. The predicted molar refractivity (Wildman–Crippen MR) is 92.9 cm³/mol. The minimum atomic E-state index is -3.26. The van der Waals surface area contributed by atoms with Gasteiger partial charge in [0, 0.05) is 763 Å². The Hall–Kier alpha value is 23.8. The van der Waals surface area contributed by atoms with Crippen molar-refractivity contribution in [2.45, 2.75) is 37.5 Å². The fourth-order valence-electron chi connectivity index (χ4n) is 1.97. The SMILES string of the molecule is CC.CC.O=S1(=O)c2ccccc2-c2ccccc21.[CH3-].[CH3-].[Y].[Y].[Y].[Y].[Y].[Y].[Y].[Y].[Y].[Y].[Y].[Y].[Y].[Y].[Y].[Y].[Y].[Y].[Y].[Y].[Y].[Y].[Y]. The van der Waals surface area contributed by atoms with Gasteiger partial charge in [0.2, 0.25) is 9.84 Å². The maximum absolute atomic E-state index is 12.1. The third kappa shape index (κ3) is 72.3. The largest absolute Gasteiger partial charge is 0.358 e. The zero-order chi connectivity index (χ0) is 14.5. The van der Waals surface area contributed by atoms with Crippen LogP contribution in [0.15, 0.2) is 58.3 Å². The molecular weight excluding hydrogens is 2330 g/mol. The molecule has 1 aliphatic heterocycles. The van der Waals surface area contributed by atoms with Gasteiger partial charge in [0.1, 0.15) is 0 Å². The van der Waals surface area contributed by atoms with Crippen molar-refractivity contribution in [3.63, 3.8) is 0 Å². The number of benzene rings is 2. The van der Waals surface area contributed by atoms with Crippen LogP contribution >= 0.6 is 0 Å². The Morgan fingerprint density at radius 2 is 0.455 bits per heavy atom. The predicted octanol–water partition coefficient (Wildman–Crippen LogP) is 5.40. The molecule has 0 saturated carbocycles. The number of hydrogen-bond acceptors (Lipinski definition) is 2. The van der Waals surface area contributed by atoms with Crippen LogP contribution in [0.3, 0.4) is 0 Å². The van der Waals surface area contributed by atoms with Crippen LogP contribution < -0.4 is 0 Å². The first-order chi connectivity index (χ1) is 9.21. The molecule has 0 N–H and O–H groups in total. The molecular formula is C18H26O2SY23-2. The minimum Gasteiger partial charge on any atom is -0.358 e. The van der Waals surface area contributed by atoms with Crippen molar-refractivity contribution >= 4 is 9.84 Å². The van der Waals surface area contributed by atoms with Crippen molar-refractivity contribution < 1.29 is 761 Å². The molecule has 0 atom stereocenters. The third-order valence-electron chi connectivity index (χ3n) is 2.64. The van der Waals surface area contributed by atoms with Gasteiger partial charge in [-0.15, -0.1) is 0 Å². The summed E-state index contributed by atoms with van der Waals surface area (Å²) < 4.78 is 24.2. The van der Waals surface area contributed by atoms with Crippen molar-refractivity contribution in [3.8, 4) is 11.1 Å². The average molecular weight is 2350 g/mol. The van der Waals surface area contributed by atoms with Gasteiger partial charge in [0.05, 0.1) is 9.79 Å². The number of rotatable bonds is 0. The molecule has 187 valence electrons. The molecule has 2 aromatic carbocycles. The molecule has 0 aliphatic carbocycles. The van der Waals surface area contributed by atoms with E-state index in [1.54, 1.807) is 24.3 Å². The Morgan fingerprint density at radius 3 is 0.614 bits per heavy atom. The van der Waals surface area contributed by atoms with Crippen molar-refractivity contribution in [2.75, 3.05) is 0 Å². The van der Waals surface area contributed by atoms with E-state index < -0.39 is 9.84 Å². The second-order valence-electron chi connectivity index (χ2n) is 3.50. The number of sulfone groups is 1. The van der Waals surface area contributed by atoms with Crippen molar-refractivity contribution in [1.82, 2.24) is 0 Å². The van der Waals surface area contributed by atoms with Gasteiger partial charge >= 0.3 is 0 Å². The molecule has 0 saturated heterocycles. The van der Waals surface area contributed by atoms with Crippen molar-refractivity contribution in [1.29, 1.82) is 0 Å². The van der Waals surface area contributed by atoms with Crippen LogP contribution in [0, 0.1) is 14.9 Å². The van der Waals surface area contributed by atoms with Crippen molar-refractivity contribution in [3.05, 3.63) is 63.4 Å². The van der Waals surface area contributed by atoms with Gasteiger partial charge in [-0.05, 0) is 12.1 Å². The average Bonchev–Trinajstić information content (AvgIpc) is 2.73. The van der Waals surface area contributed by atoms with Crippen LogP contribution in [0.5, 0.6) is 0 Å². The van der Waals surface area contributed by atoms with Gasteiger partial charge in [-0.25, -0.2) is 8.42 Å². The van der Waals surface area contributed by atoms with Gasteiger partial charge in [-0.1, -0.05) is 64.1 Å². The van der Waals surface area contributed by atoms with Gasteiger partial charge in [0.15, 0.2) is 0 Å². The molecule has 0 aromatic heterocycles. The molecule has 0 spiro atoms. The van der Waals surface area contributed by atoms with E-state index >= 15 is 0 Å². The fourth-order valence-corrected chi connectivity index (χ4v) is 3.65. The van der Waals surface area contributed by atoms with E-state index in [1.807, 2.05) is 52.0 Å². The number of hydrogen-bond donors (Lipinski definition) is 0. The van der Waals surface area contributed by atoms with Gasteiger partial charge < -0.3 is 14.9 Å². The molecule has 0 amide bonds. The Labute approximate surface area is 852 Å². The van der Waals surface area contributed by atoms with Crippen LogP contribution in [-0.4, -0.2) is 8.42 Å². The molecule has 23 radical (unpaired) electrons. The van der Waals surface area contributed by atoms with E-state index in [2.05, 4.69) is 0 Å². The van der Waals surface area contributed by atoms with Crippen LogP contribution in [0.25, 0.3) is 11.1 Å². The zero-order valence-corrected chi connectivity index (χ0v) is 93.2. The molecule has 0 bridgehead atoms. The first-order valence-electron chi connectivity index (χ1n) is 6.65.